The average molecular weight is 266 g/mol. The Kier molecular flexibility index (Phi) is 5.19. The molecule has 1 heterocycles. The van der Waals surface area contributed by atoms with E-state index >= 15 is 0 Å². The molecule has 0 radical (unpaired) electrons. The third-order valence-corrected chi connectivity index (χ3v) is 5.16. The molecule has 0 aliphatic heterocycles. The molecule has 1 aromatic rings. The third kappa shape index (κ3) is 3.33. The maximum absolute atomic E-state index is 4.96. The predicted molar refractivity (Wildman–Crippen MR) is 79.2 cm³/mol. The van der Waals surface area contributed by atoms with Crippen LogP contribution >= 0.6 is 11.3 Å². The van der Waals surface area contributed by atoms with E-state index < -0.39 is 0 Å². The minimum Gasteiger partial charge on any atom is -0.315 e. The van der Waals surface area contributed by atoms with E-state index in [4.69, 9.17) is 4.98 Å². The van der Waals surface area contributed by atoms with E-state index in [2.05, 4.69) is 19.2 Å². The van der Waals surface area contributed by atoms with Crippen LogP contribution < -0.4 is 5.32 Å². The maximum atomic E-state index is 4.96. The zero-order valence-electron chi connectivity index (χ0n) is 12.0. The van der Waals surface area contributed by atoms with Gasteiger partial charge in [-0.25, -0.2) is 4.98 Å². The van der Waals surface area contributed by atoms with Crippen LogP contribution in [0.25, 0.3) is 0 Å². The lowest BCUT2D eigenvalue weighted by atomic mass is 9.83. The van der Waals surface area contributed by atoms with Crippen LogP contribution in [-0.2, 0) is 13.0 Å². The van der Waals surface area contributed by atoms with Gasteiger partial charge >= 0.3 is 0 Å². The smallest absolute Gasteiger partial charge is 0.0962 e. The van der Waals surface area contributed by atoms with Gasteiger partial charge in [0.1, 0.15) is 0 Å². The molecule has 0 aromatic carbocycles. The quantitative estimate of drug-likeness (QED) is 0.867. The van der Waals surface area contributed by atoms with Gasteiger partial charge in [-0.3, -0.25) is 0 Å². The summed E-state index contributed by atoms with van der Waals surface area (Å²) in [4.78, 5) is 6.42. The van der Waals surface area contributed by atoms with Gasteiger partial charge in [0.2, 0.25) is 0 Å². The number of aromatic nitrogens is 1. The van der Waals surface area contributed by atoms with Gasteiger partial charge in [-0.2, -0.15) is 0 Å². The highest BCUT2D eigenvalue weighted by molar-refractivity contribution is 7.11. The fourth-order valence-corrected chi connectivity index (χ4v) is 4.24. The normalized spacial score (nSPS) is 24.4. The first-order valence-corrected chi connectivity index (χ1v) is 8.19. The number of hydrogen-bond donors (Lipinski definition) is 1. The van der Waals surface area contributed by atoms with Crippen LogP contribution in [0.15, 0.2) is 0 Å². The van der Waals surface area contributed by atoms with Crippen molar-refractivity contribution in [2.75, 3.05) is 7.05 Å². The lowest BCUT2D eigenvalue weighted by Gasteiger charge is -2.24. The summed E-state index contributed by atoms with van der Waals surface area (Å²) in [6, 6.07) is 0. The number of rotatable bonds is 5. The van der Waals surface area contributed by atoms with Crippen LogP contribution in [0.4, 0.5) is 0 Å². The van der Waals surface area contributed by atoms with Crippen LogP contribution in [-0.4, -0.2) is 12.0 Å². The van der Waals surface area contributed by atoms with Crippen molar-refractivity contribution in [2.45, 2.75) is 64.8 Å². The zero-order valence-corrected chi connectivity index (χ0v) is 12.8. The van der Waals surface area contributed by atoms with Crippen LogP contribution in [0.1, 0.15) is 67.4 Å². The van der Waals surface area contributed by atoms with Gasteiger partial charge in [-0.1, -0.05) is 33.1 Å². The third-order valence-electron chi connectivity index (χ3n) is 3.90. The number of hydrogen-bond acceptors (Lipinski definition) is 3. The van der Waals surface area contributed by atoms with Crippen LogP contribution in [0.2, 0.25) is 0 Å². The van der Waals surface area contributed by atoms with E-state index in [0.29, 0.717) is 0 Å². The first-order chi connectivity index (χ1) is 8.74. The lowest BCUT2D eigenvalue weighted by Crippen LogP contribution is -2.11. The van der Waals surface area contributed by atoms with Crippen LogP contribution in [0.3, 0.4) is 0 Å². The van der Waals surface area contributed by atoms with E-state index in [9.17, 15) is 0 Å². The zero-order chi connectivity index (χ0) is 13.0. The van der Waals surface area contributed by atoms with E-state index in [-0.39, 0.29) is 0 Å². The van der Waals surface area contributed by atoms with Crippen molar-refractivity contribution in [1.29, 1.82) is 0 Å². The Morgan fingerprint density at radius 1 is 1.39 bits per heavy atom. The topological polar surface area (TPSA) is 24.9 Å². The monoisotopic (exact) mass is 266 g/mol. The molecule has 1 saturated carbocycles. The first kappa shape index (κ1) is 14.0. The van der Waals surface area contributed by atoms with Crippen LogP contribution in [0, 0.1) is 5.92 Å². The standard InChI is InChI=1S/C15H26N2S/c1-4-6-13-14(10-16-3)18-15(17-13)12-8-5-7-11(2)9-12/h11-12,16H,4-10H2,1-3H3. The molecule has 2 unspecified atom stereocenters. The van der Waals surface area contributed by atoms with Crippen molar-refractivity contribution in [3.8, 4) is 0 Å². The van der Waals surface area contributed by atoms with Gasteiger partial charge in [0, 0.05) is 17.3 Å². The predicted octanol–water partition coefficient (Wildman–Crippen LogP) is 4.11. The van der Waals surface area contributed by atoms with Gasteiger partial charge in [0.25, 0.3) is 0 Å². The summed E-state index contributed by atoms with van der Waals surface area (Å²) < 4.78 is 0. The molecule has 1 aliphatic rings. The van der Waals surface area contributed by atoms with Gasteiger partial charge < -0.3 is 5.32 Å². The van der Waals surface area contributed by atoms with Crippen molar-refractivity contribution in [3.05, 3.63) is 15.6 Å². The highest BCUT2D eigenvalue weighted by atomic mass is 32.1. The fourth-order valence-electron chi connectivity index (χ4n) is 2.97. The molecular weight excluding hydrogens is 240 g/mol. The second kappa shape index (κ2) is 6.67. The summed E-state index contributed by atoms with van der Waals surface area (Å²) in [5, 5.41) is 4.69. The second-order valence-corrected chi connectivity index (χ2v) is 6.79. The molecular formula is C15H26N2S. The van der Waals surface area contributed by atoms with E-state index in [0.717, 1.165) is 24.8 Å². The molecule has 0 amide bonds. The summed E-state index contributed by atoms with van der Waals surface area (Å²) in [6.07, 6.45) is 7.82. The fraction of sp³-hybridized carbons (Fsp3) is 0.800. The SMILES string of the molecule is CCCc1nc(C2CCCC(C)C2)sc1CNC. The number of nitrogens with zero attached hydrogens (tertiary/aromatic N) is 1. The molecule has 0 saturated heterocycles. The highest BCUT2D eigenvalue weighted by Gasteiger charge is 2.24. The molecule has 1 fully saturated rings. The van der Waals surface area contributed by atoms with Crippen molar-refractivity contribution in [3.63, 3.8) is 0 Å². The number of thiazole rings is 1. The molecule has 2 atom stereocenters. The van der Waals surface area contributed by atoms with Gasteiger partial charge in [-0.15, -0.1) is 11.3 Å². The summed E-state index contributed by atoms with van der Waals surface area (Å²) in [5.41, 5.74) is 1.35. The summed E-state index contributed by atoms with van der Waals surface area (Å²) in [6.45, 7) is 5.61. The van der Waals surface area contributed by atoms with Crippen molar-refractivity contribution < 1.29 is 0 Å². The Morgan fingerprint density at radius 2 is 2.22 bits per heavy atom. The molecule has 3 heteroatoms. The molecule has 1 N–H and O–H groups in total. The summed E-state index contributed by atoms with van der Waals surface area (Å²) >= 11 is 1.96. The lowest BCUT2D eigenvalue weighted by molar-refractivity contribution is 0.343. The average Bonchev–Trinajstić information content (AvgIpc) is 2.74. The minimum atomic E-state index is 0.736. The Hall–Kier alpha value is -0.410. The maximum Gasteiger partial charge on any atom is 0.0962 e. The minimum absolute atomic E-state index is 0.736. The van der Waals surface area contributed by atoms with Crippen molar-refractivity contribution >= 4 is 11.3 Å². The van der Waals surface area contributed by atoms with Crippen molar-refractivity contribution in [2.24, 2.45) is 5.92 Å². The molecule has 1 aliphatic carbocycles. The molecule has 2 nitrogen and oxygen atoms in total. The molecule has 1 aromatic heterocycles. The van der Waals surface area contributed by atoms with Gasteiger partial charge in [-0.05, 0) is 32.2 Å². The number of nitrogens with one attached hydrogen (secondary N) is 1. The Morgan fingerprint density at radius 3 is 2.89 bits per heavy atom. The van der Waals surface area contributed by atoms with Gasteiger partial charge in [0.05, 0.1) is 10.7 Å². The number of aryl methyl sites for hydroxylation is 1. The molecule has 0 bridgehead atoms. The molecule has 2 rings (SSSR count). The summed E-state index contributed by atoms with van der Waals surface area (Å²) in [5.74, 6) is 1.62. The van der Waals surface area contributed by atoms with Crippen LogP contribution in [0.5, 0.6) is 0 Å². The Labute approximate surface area is 115 Å². The van der Waals surface area contributed by atoms with E-state index in [1.54, 1.807) is 0 Å². The first-order valence-electron chi connectivity index (χ1n) is 7.37. The van der Waals surface area contributed by atoms with Gasteiger partial charge in [0.15, 0.2) is 0 Å². The molecule has 18 heavy (non-hydrogen) atoms. The Balaban J connectivity index is 2.14. The van der Waals surface area contributed by atoms with E-state index in [1.165, 1.54) is 47.7 Å². The largest absolute Gasteiger partial charge is 0.315 e. The molecule has 102 valence electrons. The molecule has 0 spiro atoms. The van der Waals surface area contributed by atoms with E-state index in [1.807, 2.05) is 18.4 Å². The van der Waals surface area contributed by atoms with Crippen molar-refractivity contribution in [1.82, 2.24) is 10.3 Å². The second-order valence-electron chi connectivity index (χ2n) is 5.67. The Bertz CT molecular complexity index is 349. The summed E-state index contributed by atoms with van der Waals surface area (Å²) in [7, 11) is 2.03. The highest BCUT2D eigenvalue weighted by Crippen LogP contribution is 2.38.